The number of amides is 1. The number of hydrogen-bond acceptors (Lipinski definition) is 4. The lowest BCUT2D eigenvalue weighted by Gasteiger charge is -2.19. The molecule has 6 heteroatoms. The molecule has 0 saturated heterocycles. The van der Waals surface area contributed by atoms with Crippen LogP contribution in [0, 0.1) is 5.92 Å². The summed E-state index contributed by atoms with van der Waals surface area (Å²) in [4.78, 5) is 23.9. The molecule has 0 radical (unpaired) electrons. The van der Waals surface area contributed by atoms with Crippen LogP contribution in [0.2, 0.25) is 0 Å². The molecule has 0 aliphatic carbocycles. The molecule has 6 nitrogen and oxygen atoms in total. The van der Waals surface area contributed by atoms with Crippen molar-refractivity contribution in [1.29, 1.82) is 0 Å². The van der Waals surface area contributed by atoms with Crippen LogP contribution >= 0.6 is 0 Å². The number of aromatic nitrogens is 2. The van der Waals surface area contributed by atoms with Crippen LogP contribution in [0.15, 0.2) is 24.3 Å². The number of carbonyl (C=O) groups is 2. The lowest BCUT2D eigenvalue weighted by Crippen LogP contribution is -2.45. The molecule has 1 aromatic heterocycles. The highest BCUT2D eigenvalue weighted by Gasteiger charge is 2.26. The Morgan fingerprint density at radius 2 is 2.00 bits per heavy atom. The number of para-hydroxylation sites is 1. The number of esters is 1. The van der Waals surface area contributed by atoms with Crippen LogP contribution in [0.4, 0.5) is 0 Å². The van der Waals surface area contributed by atoms with Gasteiger partial charge >= 0.3 is 5.97 Å². The maximum absolute atomic E-state index is 12.3. The molecular formula is C14H17N3O3. The summed E-state index contributed by atoms with van der Waals surface area (Å²) in [6.07, 6.45) is 0. The van der Waals surface area contributed by atoms with Crippen LogP contribution in [-0.4, -0.2) is 35.2 Å². The van der Waals surface area contributed by atoms with E-state index in [2.05, 4.69) is 15.5 Å². The summed E-state index contributed by atoms with van der Waals surface area (Å²) in [5, 5.41) is 10.2. The van der Waals surface area contributed by atoms with Gasteiger partial charge in [0.05, 0.1) is 12.6 Å². The van der Waals surface area contributed by atoms with E-state index >= 15 is 0 Å². The Morgan fingerprint density at radius 3 is 2.65 bits per heavy atom. The molecule has 0 saturated carbocycles. The first-order valence-electron chi connectivity index (χ1n) is 6.36. The molecule has 2 rings (SSSR count). The molecule has 2 N–H and O–H groups in total. The third-order valence-electron chi connectivity index (χ3n) is 3.09. The Hall–Kier alpha value is -2.37. The van der Waals surface area contributed by atoms with Gasteiger partial charge in [0.1, 0.15) is 6.04 Å². The fourth-order valence-corrected chi connectivity index (χ4v) is 1.97. The van der Waals surface area contributed by atoms with Gasteiger partial charge in [-0.05, 0) is 12.0 Å². The Morgan fingerprint density at radius 1 is 1.30 bits per heavy atom. The zero-order valence-electron chi connectivity index (χ0n) is 11.6. The van der Waals surface area contributed by atoms with E-state index in [-0.39, 0.29) is 11.6 Å². The van der Waals surface area contributed by atoms with Gasteiger partial charge in [0.15, 0.2) is 5.69 Å². The van der Waals surface area contributed by atoms with Crippen LogP contribution in [-0.2, 0) is 9.53 Å². The van der Waals surface area contributed by atoms with Crippen LogP contribution in [0.3, 0.4) is 0 Å². The number of hydrogen-bond donors (Lipinski definition) is 2. The summed E-state index contributed by atoms with van der Waals surface area (Å²) in [5.41, 5.74) is 1.05. The normalized spacial score (nSPS) is 12.4. The second-order valence-corrected chi connectivity index (χ2v) is 4.84. The molecule has 0 unspecified atom stereocenters. The topological polar surface area (TPSA) is 84.1 Å². The first-order chi connectivity index (χ1) is 9.54. The molecule has 0 bridgehead atoms. The summed E-state index contributed by atoms with van der Waals surface area (Å²) >= 11 is 0. The van der Waals surface area contributed by atoms with Crippen LogP contribution < -0.4 is 5.32 Å². The predicted octanol–water partition coefficient (Wildman–Crippen LogP) is 1.49. The van der Waals surface area contributed by atoms with Gasteiger partial charge in [0.2, 0.25) is 0 Å². The summed E-state index contributed by atoms with van der Waals surface area (Å²) < 4.78 is 4.70. The van der Waals surface area contributed by atoms with Gasteiger partial charge in [-0.3, -0.25) is 9.89 Å². The third kappa shape index (κ3) is 2.64. The highest BCUT2D eigenvalue weighted by Crippen LogP contribution is 2.15. The monoisotopic (exact) mass is 275 g/mol. The molecule has 1 amide bonds. The Labute approximate surface area is 116 Å². The summed E-state index contributed by atoms with van der Waals surface area (Å²) in [6, 6.07) is 6.63. The maximum atomic E-state index is 12.3. The molecule has 20 heavy (non-hydrogen) atoms. The van der Waals surface area contributed by atoms with Crippen molar-refractivity contribution in [2.75, 3.05) is 7.11 Å². The van der Waals surface area contributed by atoms with E-state index in [4.69, 9.17) is 4.74 Å². The lowest BCUT2D eigenvalue weighted by molar-refractivity contribution is -0.144. The Kier molecular flexibility index (Phi) is 4.02. The second-order valence-electron chi connectivity index (χ2n) is 4.84. The molecule has 0 spiro atoms. The van der Waals surface area contributed by atoms with Crippen molar-refractivity contribution in [3.8, 4) is 0 Å². The highest BCUT2D eigenvalue weighted by molar-refractivity contribution is 6.05. The van der Waals surface area contributed by atoms with Gasteiger partial charge in [-0.25, -0.2) is 4.79 Å². The van der Waals surface area contributed by atoms with E-state index in [0.717, 1.165) is 10.9 Å². The number of H-pyrrole nitrogens is 1. The number of rotatable bonds is 4. The number of aromatic amines is 1. The largest absolute Gasteiger partial charge is 0.467 e. The molecule has 1 atom stereocenters. The first-order valence-corrected chi connectivity index (χ1v) is 6.36. The number of ether oxygens (including phenoxy) is 1. The lowest BCUT2D eigenvalue weighted by atomic mass is 10.0. The Balaban J connectivity index is 2.25. The van der Waals surface area contributed by atoms with Crippen molar-refractivity contribution in [2.24, 2.45) is 5.92 Å². The molecular weight excluding hydrogens is 258 g/mol. The molecule has 0 aliphatic heterocycles. The number of methoxy groups -OCH3 is 1. The van der Waals surface area contributed by atoms with E-state index in [1.165, 1.54) is 7.11 Å². The first kappa shape index (κ1) is 14.0. The maximum Gasteiger partial charge on any atom is 0.328 e. The van der Waals surface area contributed by atoms with Crippen molar-refractivity contribution in [2.45, 2.75) is 19.9 Å². The fourth-order valence-electron chi connectivity index (χ4n) is 1.97. The van der Waals surface area contributed by atoms with E-state index in [1.807, 2.05) is 32.0 Å². The minimum absolute atomic E-state index is 0.0726. The number of carbonyl (C=O) groups excluding carboxylic acids is 2. The Bertz CT molecular complexity index is 633. The summed E-state index contributed by atoms with van der Waals surface area (Å²) in [7, 11) is 1.30. The van der Waals surface area contributed by atoms with E-state index in [0.29, 0.717) is 0 Å². The van der Waals surface area contributed by atoms with Crippen molar-refractivity contribution < 1.29 is 14.3 Å². The van der Waals surface area contributed by atoms with E-state index in [1.54, 1.807) is 6.07 Å². The van der Waals surface area contributed by atoms with Gasteiger partial charge in [-0.1, -0.05) is 32.0 Å². The standard InChI is InChI=1S/C14H17N3O3/c1-8(2)11(14(19)20-3)15-13(18)12-9-6-4-5-7-10(9)16-17-12/h4-8,11H,1-3H3,(H,15,18)(H,16,17)/t11-/m0/s1. The summed E-state index contributed by atoms with van der Waals surface area (Å²) in [5.74, 6) is -0.934. The molecule has 106 valence electrons. The van der Waals surface area contributed by atoms with Gasteiger partial charge in [0, 0.05) is 5.39 Å². The second kappa shape index (κ2) is 5.73. The SMILES string of the molecule is COC(=O)[C@@H](NC(=O)c1n[nH]c2ccccc12)C(C)C. The highest BCUT2D eigenvalue weighted by atomic mass is 16.5. The van der Waals surface area contributed by atoms with Crippen molar-refractivity contribution in [3.05, 3.63) is 30.0 Å². The number of fused-ring (bicyclic) bond motifs is 1. The van der Waals surface area contributed by atoms with Crippen LogP contribution in [0.5, 0.6) is 0 Å². The average Bonchev–Trinajstić information content (AvgIpc) is 2.87. The van der Waals surface area contributed by atoms with Gasteiger partial charge < -0.3 is 10.1 Å². The molecule has 2 aromatic rings. The van der Waals surface area contributed by atoms with Crippen molar-refractivity contribution in [1.82, 2.24) is 15.5 Å². The smallest absolute Gasteiger partial charge is 0.328 e. The average molecular weight is 275 g/mol. The van der Waals surface area contributed by atoms with Gasteiger partial charge in [0.25, 0.3) is 5.91 Å². The van der Waals surface area contributed by atoms with Gasteiger partial charge in [-0.2, -0.15) is 5.10 Å². The van der Waals surface area contributed by atoms with Crippen LogP contribution in [0.25, 0.3) is 10.9 Å². The minimum Gasteiger partial charge on any atom is -0.467 e. The minimum atomic E-state index is -0.692. The predicted molar refractivity (Wildman–Crippen MR) is 74.2 cm³/mol. The van der Waals surface area contributed by atoms with Crippen molar-refractivity contribution >= 4 is 22.8 Å². The quantitative estimate of drug-likeness (QED) is 0.828. The van der Waals surface area contributed by atoms with Crippen molar-refractivity contribution in [3.63, 3.8) is 0 Å². The zero-order chi connectivity index (χ0) is 14.7. The number of nitrogens with one attached hydrogen (secondary N) is 2. The molecule has 0 aliphatic rings. The van der Waals surface area contributed by atoms with Crippen LogP contribution in [0.1, 0.15) is 24.3 Å². The summed E-state index contributed by atoms with van der Waals surface area (Å²) in [6.45, 7) is 3.68. The van der Waals surface area contributed by atoms with Gasteiger partial charge in [-0.15, -0.1) is 0 Å². The van der Waals surface area contributed by atoms with E-state index < -0.39 is 17.9 Å². The zero-order valence-corrected chi connectivity index (χ0v) is 11.6. The molecule has 1 aromatic carbocycles. The fraction of sp³-hybridized carbons (Fsp3) is 0.357. The molecule has 0 fully saturated rings. The number of benzene rings is 1. The number of nitrogens with zero attached hydrogens (tertiary/aromatic N) is 1. The molecule has 1 heterocycles. The van der Waals surface area contributed by atoms with E-state index in [9.17, 15) is 9.59 Å². The third-order valence-corrected chi connectivity index (χ3v) is 3.09.